The standard InChI is InChI=1S/C33H48FN5O6/c1-3-4-5-6-7-8-9-10-11-12-13-14-15-16-17-18-19-20-28(40)36-22-23-37-32(43)44-25-26-29(41)33(2,34)30(45-26)39-24-21-27(35)38-31(39)42/h4-5,7-8,10-11,13-14,16-17,21,24,26,29-30,41H,3,6,9,12,15,18-20,22-23,25H2,1-2H3,(H,36,40)(H,37,43)(H2,35,38,42). The number of aromatic nitrogens is 2. The topological polar surface area (TPSA) is 158 Å². The fourth-order valence-corrected chi connectivity index (χ4v) is 4.37. The predicted molar refractivity (Wildman–Crippen MR) is 173 cm³/mol. The Balaban J connectivity index is 1.51. The number of hydrogen-bond acceptors (Lipinski definition) is 8. The first kappa shape index (κ1) is 37.2. The van der Waals surface area contributed by atoms with E-state index in [0.29, 0.717) is 12.8 Å². The van der Waals surface area contributed by atoms with Crippen LogP contribution in [0.15, 0.2) is 77.8 Å². The zero-order chi connectivity index (χ0) is 32.9. The summed E-state index contributed by atoms with van der Waals surface area (Å²) in [4.78, 5) is 39.7. The summed E-state index contributed by atoms with van der Waals surface area (Å²) in [6.45, 7) is 3.07. The molecule has 4 unspecified atom stereocenters. The zero-order valence-electron chi connectivity index (χ0n) is 26.3. The Morgan fingerprint density at radius 1 is 1.04 bits per heavy atom. The van der Waals surface area contributed by atoms with E-state index in [4.69, 9.17) is 15.2 Å². The summed E-state index contributed by atoms with van der Waals surface area (Å²) in [5.74, 6) is -0.162. The number of unbranched alkanes of at least 4 members (excludes halogenated alkanes) is 1. The van der Waals surface area contributed by atoms with Crippen molar-refractivity contribution >= 4 is 17.8 Å². The fourth-order valence-electron chi connectivity index (χ4n) is 4.37. The van der Waals surface area contributed by atoms with E-state index in [1.807, 2.05) is 0 Å². The summed E-state index contributed by atoms with van der Waals surface area (Å²) in [5, 5.41) is 15.6. The number of ether oxygens (including phenoxy) is 2. The minimum Gasteiger partial charge on any atom is -0.447 e. The van der Waals surface area contributed by atoms with Gasteiger partial charge in [-0.15, -0.1) is 0 Å². The van der Waals surface area contributed by atoms with Crippen molar-refractivity contribution in [2.75, 3.05) is 25.4 Å². The molecule has 2 amide bonds. The molecule has 12 heteroatoms. The van der Waals surface area contributed by atoms with Crippen molar-refractivity contribution in [2.24, 2.45) is 0 Å². The largest absolute Gasteiger partial charge is 0.447 e. The van der Waals surface area contributed by atoms with Gasteiger partial charge in [-0.1, -0.05) is 67.7 Å². The molecule has 11 nitrogen and oxygen atoms in total. The molecule has 2 rings (SSSR count). The lowest BCUT2D eigenvalue weighted by atomic mass is 9.98. The van der Waals surface area contributed by atoms with Gasteiger partial charge in [0.2, 0.25) is 5.91 Å². The molecule has 0 spiro atoms. The molecule has 1 aliphatic rings. The first-order chi connectivity index (χ1) is 21.7. The van der Waals surface area contributed by atoms with E-state index in [1.165, 1.54) is 12.3 Å². The third-order valence-electron chi connectivity index (χ3n) is 6.85. The molecular formula is C33H48FN5O6. The second-order valence-electron chi connectivity index (χ2n) is 10.6. The Morgan fingerprint density at radius 2 is 1.62 bits per heavy atom. The van der Waals surface area contributed by atoms with Crippen LogP contribution in [-0.2, 0) is 14.3 Å². The van der Waals surface area contributed by atoms with Gasteiger partial charge in [-0.2, -0.15) is 4.98 Å². The summed E-state index contributed by atoms with van der Waals surface area (Å²) < 4.78 is 26.6. The number of nitrogen functional groups attached to an aromatic ring is 1. The van der Waals surface area contributed by atoms with Gasteiger partial charge in [0.05, 0.1) is 0 Å². The second-order valence-corrected chi connectivity index (χ2v) is 10.6. The average molecular weight is 630 g/mol. The maximum atomic E-state index is 15.2. The van der Waals surface area contributed by atoms with Crippen molar-refractivity contribution in [1.29, 1.82) is 0 Å². The Hall–Kier alpha value is -4.03. The van der Waals surface area contributed by atoms with E-state index in [0.717, 1.165) is 50.0 Å². The molecule has 248 valence electrons. The van der Waals surface area contributed by atoms with Crippen LogP contribution in [0.4, 0.5) is 15.0 Å². The van der Waals surface area contributed by atoms with E-state index >= 15 is 4.39 Å². The maximum absolute atomic E-state index is 15.2. The van der Waals surface area contributed by atoms with Crippen LogP contribution in [0.25, 0.3) is 0 Å². The third-order valence-corrected chi connectivity index (χ3v) is 6.85. The fraction of sp³-hybridized carbons (Fsp3) is 0.515. The molecule has 4 atom stereocenters. The van der Waals surface area contributed by atoms with Gasteiger partial charge in [0.1, 0.15) is 24.6 Å². The van der Waals surface area contributed by atoms with Gasteiger partial charge in [0.15, 0.2) is 11.9 Å². The van der Waals surface area contributed by atoms with Crippen LogP contribution >= 0.6 is 0 Å². The molecule has 0 aliphatic carbocycles. The third kappa shape index (κ3) is 14.1. The molecule has 0 radical (unpaired) electrons. The van der Waals surface area contributed by atoms with Gasteiger partial charge in [-0.05, 0) is 57.9 Å². The van der Waals surface area contributed by atoms with Crippen molar-refractivity contribution in [3.05, 3.63) is 83.5 Å². The van der Waals surface area contributed by atoms with Crippen LogP contribution in [0.3, 0.4) is 0 Å². The lowest BCUT2D eigenvalue weighted by Crippen LogP contribution is -2.43. The number of nitrogens with zero attached hydrogens (tertiary/aromatic N) is 2. The van der Waals surface area contributed by atoms with Gasteiger partial charge in [-0.3, -0.25) is 9.36 Å². The molecule has 1 aromatic rings. The molecular weight excluding hydrogens is 581 g/mol. The van der Waals surface area contributed by atoms with Crippen LogP contribution in [-0.4, -0.2) is 64.2 Å². The molecule has 45 heavy (non-hydrogen) atoms. The van der Waals surface area contributed by atoms with Crippen LogP contribution in [0.1, 0.15) is 71.4 Å². The lowest BCUT2D eigenvalue weighted by molar-refractivity contribution is -0.121. The van der Waals surface area contributed by atoms with E-state index in [9.17, 15) is 19.5 Å². The summed E-state index contributed by atoms with van der Waals surface area (Å²) in [6.07, 6.45) is 24.1. The number of alkyl halides is 1. The average Bonchev–Trinajstić information content (AvgIpc) is 3.23. The van der Waals surface area contributed by atoms with Crippen molar-refractivity contribution in [1.82, 2.24) is 20.2 Å². The SMILES string of the molecule is CCC=CCC=CCC=CCC=CCC=CCCCC(=O)NCCNC(=O)OCC1OC(n2ccc(N)nc2=O)C(C)(F)C1O. The molecule has 0 saturated carbocycles. The number of carbonyl (C=O) groups is 2. The normalized spacial score (nSPS) is 22.0. The summed E-state index contributed by atoms with van der Waals surface area (Å²) >= 11 is 0. The van der Waals surface area contributed by atoms with Crippen LogP contribution < -0.4 is 22.1 Å². The number of halogens is 1. The van der Waals surface area contributed by atoms with Crippen molar-refractivity contribution in [2.45, 2.75) is 89.3 Å². The zero-order valence-corrected chi connectivity index (χ0v) is 26.3. The number of allylic oxidation sites excluding steroid dienone is 10. The number of amides is 2. The number of aliphatic hydroxyl groups is 1. The highest BCUT2D eigenvalue weighted by molar-refractivity contribution is 5.75. The highest BCUT2D eigenvalue weighted by Crippen LogP contribution is 2.40. The molecule has 1 aromatic heterocycles. The molecule has 1 aliphatic heterocycles. The molecule has 0 aromatic carbocycles. The Kier molecular flexibility index (Phi) is 17.2. The molecule has 0 bridgehead atoms. The molecule has 2 heterocycles. The van der Waals surface area contributed by atoms with Crippen LogP contribution in [0.5, 0.6) is 0 Å². The number of carbonyl (C=O) groups excluding carboxylic acids is 2. The number of rotatable bonds is 19. The summed E-state index contributed by atoms with van der Waals surface area (Å²) in [6, 6.07) is 1.30. The number of alkyl carbamates (subject to hydrolysis) is 1. The van der Waals surface area contributed by atoms with Gasteiger partial charge >= 0.3 is 11.8 Å². The number of hydrogen-bond donors (Lipinski definition) is 4. The Morgan fingerprint density at radius 3 is 2.22 bits per heavy atom. The van der Waals surface area contributed by atoms with Crippen LogP contribution in [0.2, 0.25) is 0 Å². The highest BCUT2D eigenvalue weighted by atomic mass is 19.1. The number of nitrogens with one attached hydrogen (secondary N) is 2. The Bertz CT molecular complexity index is 1260. The molecule has 1 fully saturated rings. The minimum absolute atomic E-state index is 0.0376. The van der Waals surface area contributed by atoms with Crippen molar-refractivity contribution in [3.8, 4) is 0 Å². The van der Waals surface area contributed by atoms with Gasteiger partial charge in [-0.25, -0.2) is 14.0 Å². The van der Waals surface area contributed by atoms with Gasteiger partial charge < -0.3 is 30.9 Å². The van der Waals surface area contributed by atoms with E-state index in [1.54, 1.807) is 0 Å². The molecule has 1 saturated heterocycles. The second kappa shape index (κ2) is 20.8. The highest BCUT2D eigenvalue weighted by Gasteiger charge is 2.55. The van der Waals surface area contributed by atoms with E-state index < -0.39 is 42.5 Å². The monoisotopic (exact) mass is 629 g/mol. The van der Waals surface area contributed by atoms with Crippen molar-refractivity contribution < 1.29 is 28.6 Å². The quantitative estimate of drug-likeness (QED) is 0.128. The summed E-state index contributed by atoms with van der Waals surface area (Å²) in [5.41, 5.74) is 2.27. The first-order valence-corrected chi connectivity index (χ1v) is 15.5. The predicted octanol–water partition coefficient (Wildman–Crippen LogP) is 4.58. The first-order valence-electron chi connectivity index (χ1n) is 15.5. The van der Waals surface area contributed by atoms with Gasteiger partial charge in [0, 0.05) is 25.7 Å². The van der Waals surface area contributed by atoms with E-state index in [2.05, 4.69) is 83.3 Å². The smallest absolute Gasteiger partial charge is 0.407 e. The Labute approximate surface area is 264 Å². The number of nitrogens with two attached hydrogens (primary N) is 1. The molecule has 5 N–H and O–H groups in total. The van der Waals surface area contributed by atoms with Gasteiger partial charge in [0.25, 0.3) is 0 Å². The maximum Gasteiger partial charge on any atom is 0.407 e. The van der Waals surface area contributed by atoms with Crippen LogP contribution in [0, 0.1) is 0 Å². The lowest BCUT2D eigenvalue weighted by Gasteiger charge is -2.24. The van der Waals surface area contributed by atoms with Crippen molar-refractivity contribution in [3.63, 3.8) is 0 Å². The number of anilines is 1. The minimum atomic E-state index is -2.36. The number of aliphatic hydroxyl groups excluding tert-OH is 1. The summed E-state index contributed by atoms with van der Waals surface area (Å²) in [7, 11) is 0. The van der Waals surface area contributed by atoms with E-state index in [-0.39, 0.29) is 24.8 Å².